The van der Waals surface area contributed by atoms with Gasteiger partial charge in [0, 0.05) is 37.4 Å². The normalized spacial score (nSPS) is 18.0. The molecule has 21 heavy (non-hydrogen) atoms. The number of likely N-dealkylation sites (tertiary alicyclic amines) is 1. The minimum absolute atomic E-state index is 0.0673. The van der Waals surface area contributed by atoms with E-state index in [1.807, 2.05) is 7.05 Å². The van der Waals surface area contributed by atoms with E-state index in [0.29, 0.717) is 11.6 Å². The number of hydrogen-bond donors (Lipinski definition) is 2. The van der Waals surface area contributed by atoms with Crippen LogP contribution in [-0.2, 0) is 0 Å². The van der Waals surface area contributed by atoms with Crippen LogP contribution in [0.4, 0.5) is 10.1 Å². The third-order valence-electron chi connectivity index (χ3n) is 4.27. The Bertz CT molecular complexity index is 512. The number of piperidine rings is 1. The highest BCUT2D eigenvalue weighted by Crippen LogP contribution is 2.26. The summed E-state index contributed by atoms with van der Waals surface area (Å²) in [5, 5.41) is 11.9. The predicted molar refractivity (Wildman–Crippen MR) is 82.4 cm³/mol. The van der Waals surface area contributed by atoms with Crippen molar-refractivity contribution in [3.63, 3.8) is 0 Å². The molecule has 1 aromatic carbocycles. The van der Waals surface area contributed by atoms with E-state index in [9.17, 15) is 4.39 Å². The van der Waals surface area contributed by atoms with Gasteiger partial charge in [-0.2, -0.15) is 0 Å². The number of hydrogen-bond acceptors (Lipinski definition) is 4. The molecule has 1 heterocycles. The van der Waals surface area contributed by atoms with Crippen molar-refractivity contribution in [1.82, 2.24) is 4.90 Å². The van der Waals surface area contributed by atoms with Gasteiger partial charge in [0.05, 0.1) is 0 Å². The van der Waals surface area contributed by atoms with Crippen molar-refractivity contribution >= 4 is 11.5 Å². The lowest BCUT2D eigenvalue weighted by atomic mass is 10.0. The minimum Gasteiger partial charge on any atom is -0.409 e. The third-order valence-corrected chi connectivity index (χ3v) is 4.27. The molecule has 0 aliphatic carbocycles. The molecule has 1 aromatic rings. The largest absolute Gasteiger partial charge is 0.409 e. The quantitative estimate of drug-likeness (QED) is 0.385. The van der Waals surface area contributed by atoms with Gasteiger partial charge in [0.2, 0.25) is 0 Å². The van der Waals surface area contributed by atoms with Gasteiger partial charge in [-0.25, -0.2) is 4.39 Å². The second-order valence-electron chi connectivity index (χ2n) is 5.42. The molecule has 1 saturated heterocycles. The molecule has 0 unspecified atom stereocenters. The maximum absolute atomic E-state index is 13.4. The van der Waals surface area contributed by atoms with Crippen LogP contribution in [0, 0.1) is 5.82 Å². The molecule has 0 bridgehead atoms. The van der Waals surface area contributed by atoms with E-state index in [-0.39, 0.29) is 5.84 Å². The van der Waals surface area contributed by atoms with Gasteiger partial charge in [0.1, 0.15) is 5.82 Å². The molecule has 5 nitrogen and oxygen atoms in total. The summed E-state index contributed by atoms with van der Waals surface area (Å²) in [6.07, 6.45) is 2.11. The summed E-state index contributed by atoms with van der Waals surface area (Å²) in [5.74, 6) is -0.461. The van der Waals surface area contributed by atoms with Crippen molar-refractivity contribution in [2.75, 3.05) is 31.6 Å². The van der Waals surface area contributed by atoms with Crippen LogP contribution in [0.25, 0.3) is 0 Å². The number of nitrogens with zero attached hydrogens (tertiary/aromatic N) is 3. The van der Waals surface area contributed by atoms with Crippen molar-refractivity contribution in [3.8, 4) is 0 Å². The Balaban J connectivity index is 2.21. The highest BCUT2D eigenvalue weighted by molar-refractivity contribution is 6.02. The zero-order valence-corrected chi connectivity index (χ0v) is 12.6. The molecular formula is C15H23FN4O. The van der Waals surface area contributed by atoms with E-state index in [2.05, 4.69) is 21.9 Å². The molecule has 1 aliphatic rings. The Morgan fingerprint density at radius 1 is 1.48 bits per heavy atom. The average molecular weight is 294 g/mol. The number of amidine groups is 1. The predicted octanol–water partition coefficient (Wildman–Crippen LogP) is 1.84. The first kappa shape index (κ1) is 15.6. The number of anilines is 1. The lowest BCUT2D eigenvalue weighted by molar-refractivity contribution is 0.221. The summed E-state index contributed by atoms with van der Waals surface area (Å²) in [6, 6.07) is 4.78. The van der Waals surface area contributed by atoms with Gasteiger partial charge in [-0.3, -0.25) is 0 Å². The summed E-state index contributed by atoms with van der Waals surface area (Å²) in [5.41, 5.74) is 6.90. The molecule has 2 rings (SSSR count). The Kier molecular flexibility index (Phi) is 5.01. The highest BCUT2D eigenvalue weighted by atomic mass is 19.1. The lowest BCUT2D eigenvalue weighted by Crippen LogP contribution is -2.43. The van der Waals surface area contributed by atoms with Gasteiger partial charge in [-0.1, -0.05) is 12.1 Å². The molecule has 1 fully saturated rings. The van der Waals surface area contributed by atoms with Gasteiger partial charge in [-0.15, -0.1) is 0 Å². The van der Waals surface area contributed by atoms with E-state index >= 15 is 0 Å². The standard InChI is InChI=1S/C15H23FN4O/c1-3-20-8-6-12(7-9-20)19(2)14-5-4-11(16)10-13(14)15(17)18-21/h4-5,10,12,21H,3,6-9H2,1-2H3,(H2,17,18). The van der Waals surface area contributed by atoms with Gasteiger partial charge >= 0.3 is 0 Å². The van der Waals surface area contributed by atoms with Crippen molar-refractivity contribution in [2.45, 2.75) is 25.8 Å². The van der Waals surface area contributed by atoms with Crippen molar-refractivity contribution in [3.05, 3.63) is 29.6 Å². The Hall–Kier alpha value is -1.82. The summed E-state index contributed by atoms with van der Waals surface area (Å²) in [7, 11) is 1.98. The maximum Gasteiger partial charge on any atom is 0.172 e. The van der Waals surface area contributed by atoms with E-state index in [0.717, 1.165) is 38.2 Å². The molecule has 0 amide bonds. The van der Waals surface area contributed by atoms with E-state index in [1.54, 1.807) is 6.07 Å². The number of nitrogens with two attached hydrogens (primary N) is 1. The molecular weight excluding hydrogens is 271 g/mol. The molecule has 3 N–H and O–H groups in total. The van der Waals surface area contributed by atoms with Crippen LogP contribution in [0.2, 0.25) is 0 Å². The van der Waals surface area contributed by atoms with Crippen LogP contribution in [0.5, 0.6) is 0 Å². The highest BCUT2D eigenvalue weighted by Gasteiger charge is 2.24. The summed E-state index contributed by atoms with van der Waals surface area (Å²) >= 11 is 0. The number of benzene rings is 1. The first-order valence-electron chi connectivity index (χ1n) is 7.29. The monoisotopic (exact) mass is 294 g/mol. The molecule has 6 heteroatoms. The van der Waals surface area contributed by atoms with Crippen LogP contribution in [0.1, 0.15) is 25.3 Å². The van der Waals surface area contributed by atoms with Crippen molar-refractivity contribution < 1.29 is 9.60 Å². The first-order chi connectivity index (χ1) is 10.1. The van der Waals surface area contributed by atoms with Gasteiger partial charge < -0.3 is 20.7 Å². The Labute approximate surface area is 124 Å². The SMILES string of the molecule is CCN1CCC(N(C)c2ccc(F)cc2C(N)=NO)CC1. The fourth-order valence-electron chi connectivity index (χ4n) is 2.89. The zero-order valence-electron chi connectivity index (χ0n) is 12.6. The minimum atomic E-state index is -0.394. The molecule has 1 aliphatic heterocycles. The topological polar surface area (TPSA) is 65.1 Å². The number of rotatable bonds is 4. The zero-order chi connectivity index (χ0) is 15.4. The molecule has 0 spiro atoms. The first-order valence-corrected chi connectivity index (χ1v) is 7.29. The summed E-state index contributed by atoms with van der Waals surface area (Å²) in [4.78, 5) is 4.53. The lowest BCUT2D eigenvalue weighted by Gasteiger charge is -2.38. The van der Waals surface area contributed by atoms with E-state index < -0.39 is 5.82 Å². The molecule has 0 atom stereocenters. The van der Waals surface area contributed by atoms with Crippen LogP contribution >= 0.6 is 0 Å². The second-order valence-corrected chi connectivity index (χ2v) is 5.42. The fourth-order valence-corrected chi connectivity index (χ4v) is 2.89. The van der Waals surface area contributed by atoms with Crippen molar-refractivity contribution in [1.29, 1.82) is 0 Å². The average Bonchev–Trinajstić information content (AvgIpc) is 2.53. The van der Waals surface area contributed by atoms with Gasteiger partial charge in [0.15, 0.2) is 5.84 Å². The fraction of sp³-hybridized carbons (Fsp3) is 0.533. The summed E-state index contributed by atoms with van der Waals surface area (Å²) < 4.78 is 13.4. The Morgan fingerprint density at radius 3 is 2.71 bits per heavy atom. The number of oxime groups is 1. The second kappa shape index (κ2) is 6.76. The van der Waals surface area contributed by atoms with Crippen LogP contribution in [0.15, 0.2) is 23.4 Å². The van der Waals surface area contributed by atoms with Gasteiger partial charge in [-0.05, 0) is 37.6 Å². The molecule has 0 radical (unpaired) electrons. The van der Waals surface area contributed by atoms with E-state index in [1.165, 1.54) is 12.1 Å². The van der Waals surface area contributed by atoms with Crippen molar-refractivity contribution in [2.24, 2.45) is 10.9 Å². The summed E-state index contributed by atoms with van der Waals surface area (Å²) in [6.45, 7) is 5.36. The smallest absolute Gasteiger partial charge is 0.172 e. The van der Waals surface area contributed by atoms with Crippen LogP contribution < -0.4 is 10.6 Å². The molecule has 0 aromatic heterocycles. The third kappa shape index (κ3) is 3.44. The van der Waals surface area contributed by atoms with Gasteiger partial charge in [0.25, 0.3) is 0 Å². The van der Waals surface area contributed by atoms with E-state index in [4.69, 9.17) is 10.9 Å². The van der Waals surface area contributed by atoms with Crippen LogP contribution in [-0.4, -0.2) is 48.7 Å². The van der Waals surface area contributed by atoms with Crippen LogP contribution in [0.3, 0.4) is 0 Å². The Morgan fingerprint density at radius 2 is 2.14 bits per heavy atom. The maximum atomic E-state index is 13.4. The molecule has 116 valence electrons. The molecule has 0 saturated carbocycles. The number of halogens is 1.